The fourth-order valence-electron chi connectivity index (χ4n) is 2.02. The number of amides is 1. The standard InChI is InChI=1S/C17H27NO3/c1-2-3-5-15-6-8-16(9-7-15)14-17(20)18-10-4-12-21-13-11-19/h6-9,19H,2-5,10-14H2,1H3,(H,18,20). The smallest absolute Gasteiger partial charge is 0.224 e. The average Bonchev–Trinajstić information content (AvgIpc) is 2.50. The van der Waals surface area contributed by atoms with Gasteiger partial charge in [0, 0.05) is 13.2 Å². The Morgan fingerprint density at radius 1 is 1.14 bits per heavy atom. The fraction of sp³-hybridized carbons (Fsp3) is 0.588. The summed E-state index contributed by atoms with van der Waals surface area (Å²) in [4.78, 5) is 11.8. The van der Waals surface area contributed by atoms with Gasteiger partial charge in [0.15, 0.2) is 0 Å². The number of unbranched alkanes of at least 4 members (excludes halogenated alkanes) is 1. The number of aliphatic hydroxyl groups is 1. The van der Waals surface area contributed by atoms with Gasteiger partial charge in [-0.1, -0.05) is 37.6 Å². The normalized spacial score (nSPS) is 10.6. The van der Waals surface area contributed by atoms with Crippen LogP contribution in [0.3, 0.4) is 0 Å². The predicted molar refractivity (Wildman–Crippen MR) is 84.3 cm³/mol. The maximum atomic E-state index is 11.8. The van der Waals surface area contributed by atoms with Crippen LogP contribution in [-0.4, -0.2) is 37.4 Å². The van der Waals surface area contributed by atoms with Crippen molar-refractivity contribution in [1.29, 1.82) is 0 Å². The number of hydrogen-bond donors (Lipinski definition) is 2. The van der Waals surface area contributed by atoms with Crippen LogP contribution in [0.1, 0.15) is 37.3 Å². The van der Waals surface area contributed by atoms with Crippen molar-refractivity contribution in [2.75, 3.05) is 26.4 Å². The molecule has 0 aromatic heterocycles. The number of ether oxygens (including phenoxy) is 1. The van der Waals surface area contributed by atoms with Crippen LogP contribution in [-0.2, 0) is 22.4 Å². The zero-order chi connectivity index (χ0) is 15.3. The molecule has 1 aromatic carbocycles. The number of aliphatic hydroxyl groups excluding tert-OH is 1. The van der Waals surface area contributed by atoms with Gasteiger partial charge in [0.2, 0.25) is 5.91 Å². The molecule has 0 bridgehead atoms. The predicted octanol–water partition coefficient (Wildman–Crippen LogP) is 2.09. The molecule has 0 aliphatic carbocycles. The third kappa shape index (κ3) is 8.48. The molecule has 0 aliphatic heterocycles. The van der Waals surface area contributed by atoms with E-state index in [2.05, 4.69) is 24.4 Å². The van der Waals surface area contributed by atoms with Crippen LogP contribution in [0.15, 0.2) is 24.3 Å². The van der Waals surface area contributed by atoms with Gasteiger partial charge < -0.3 is 15.2 Å². The summed E-state index contributed by atoms with van der Waals surface area (Å²) in [6.07, 6.45) is 4.70. The largest absolute Gasteiger partial charge is 0.394 e. The molecule has 1 aromatic rings. The summed E-state index contributed by atoms with van der Waals surface area (Å²) in [6, 6.07) is 8.30. The highest BCUT2D eigenvalue weighted by molar-refractivity contribution is 5.78. The molecule has 0 unspecified atom stereocenters. The van der Waals surface area contributed by atoms with Gasteiger partial charge in [0.05, 0.1) is 19.6 Å². The molecule has 118 valence electrons. The van der Waals surface area contributed by atoms with Gasteiger partial charge in [-0.05, 0) is 30.4 Å². The number of hydrogen-bond acceptors (Lipinski definition) is 3. The summed E-state index contributed by atoms with van der Waals surface area (Å²) in [5, 5.41) is 11.4. The molecule has 1 amide bonds. The van der Waals surface area contributed by atoms with Gasteiger partial charge in [-0.2, -0.15) is 0 Å². The lowest BCUT2D eigenvalue weighted by Crippen LogP contribution is -2.26. The van der Waals surface area contributed by atoms with Crippen molar-refractivity contribution in [1.82, 2.24) is 5.32 Å². The Hall–Kier alpha value is -1.39. The lowest BCUT2D eigenvalue weighted by Gasteiger charge is -2.06. The van der Waals surface area contributed by atoms with E-state index in [4.69, 9.17) is 9.84 Å². The molecule has 2 N–H and O–H groups in total. The minimum absolute atomic E-state index is 0.0402. The van der Waals surface area contributed by atoms with Crippen LogP contribution < -0.4 is 5.32 Å². The minimum atomic E-state index is 0.0402. The number of aryl methyl sites for hydroxylation is 1. The second-order valence-electron chi connectivity index (χ2n) is 5.14. The highest BCUT2D eigenvalue weighted by Gasteiger charge is 2.03. The molecule has 0 saturated heterocycles. The van der Waals surface area contributed by atoms with E-state index in [0.29, 0.717) is 26.2 Å². The Balaban J connectivity index is 2.18. The SMILES string of the molecule is CCCCc1ccc(CC(=O)NCCCOCCO)cc1. The molecule has 4 nitrogen and oxygen atoms in total. The molecular weight excluding hydrogens is 266 g/mol. The van der Waals surface area contributed by atoms with E-state index in [-0.39, 0.29) is 12.5 Å². The summed E-state index contributed by atoms with van der Waals surface area (Å²) < 4.78 is 5.13. The van der Waals surface area contributed by atoms with Crippen LogP contribution in [0.5, 0.6) is 0 Å². The topological polar surface area (TPSA) is 58.6 Å². The van der Waals surface area contributed by atoms with Gasteiger partial charge in [-0.3, -0.25) is 4.79 Å². The summed E-state index contributed by atoms with van der Waals surface area (Å²) in [5.41, 5.74) is 2.38. The third-order valence-corrected chi connectivity index (χ3v) is 3.23. The highest BCUT2D eigenvalue weighted by Crippen LogP contribution is 2.08. The van der Waals surface area contributed by atoms with Gasteiger partial charge in [-0.15, -0.1) is 0 Å². The molecule has 0 fully saturated rings. The lowest BCUT2D eigenvalue weighted by atomic mass is 10.0. The van der Waals surface area contributed by atoms with E-state index in [1.54, 1.807) is 0 Å². The van der Waals surface area contributed by atoms with E-state index < -0.39 is 0 Å². The second kappa shape index (κ2) is 11.3. The van der Waals surface area contributed by atoms with E-state index >= 15 is 0 Å². The first-order valence-electron chi connectivity index (χ1n) is 7.79. The minimum Gasteiger partial charge on any atom is -0.394 e. The van der Waals surface area contributed by atoms with Crippen molar-refractivity contribution in [2.24, 2.45) is 0 Å². The van der Waals surface area contributed by atoms with Crippen molar-refractivity contribution in [3.05, 3.63) is 35.4 Å². The van der Waals surface area contributed by atoms with Crippen LogP contribution in [0.25, 0.3) is 0 Å². The molecule has 0 saturated carbocycles. The van der Waals surface area contributed by atoms with Crippen molar-refractivity contribution >= 4 is 5.91 Å². The molecule has 0 radical (unpaired) electrons. The van der Waals surface area contributed by atoms with E-state index in [0.717, 1.165) is 18.4 Å². The number of nitrogens with one attached hydrogen (secondary N) is 1. The Kier molecular flexibility index (Phi) is 9.49. The lowest BCUT2D eigenvalue weighted by molar-refractivity contribution is -0.120. The zero-order valence-corrected chi connectivity index (χ0v) is 12.9. The van der Waals surface area contributed by atoms with E-state index in [1.807, 2.05) is 12.1 Å². The number of rotatable bonds is 11. The molecule has 0 heterocycles. The molecule has 21 heavy (non-hydrogen) atoms. The third-order valence-electron chi connectivity index (χ3n) is 3.23. The molecule has 0 atom stereocenters. The Morgan fingerprint density at radius 3 is 2.52 bits per heavy atom. The van der Waals surface area contributed by atoms with Gasteiger partial charge in [-0.25, -0.2) is 0 Å². The number of carbonyl (C=O) groups excluding carboxylic acids is 1. The summed E-state index contributed by atoms with van der Waals surface area (Å²) in [6.45, 7) is 3.76. The summed E-state index contributed by atoms with van der Waals surface area (Å²) in [5.74, 6) is 0.0402. The molecule has 4 heteroatoms. The number of benzene rings is 1. The molecule has 0 spiro atoms. The maximum Gasteiger partial charge on any atom is 0.224 e. The highest BCUT2D eigenvalue weighted by atomic mass is 16.5. The van der Waals surface area contributed by atoms with E-state index in [1.165, 1.54) is 18.4 Å². The molecular formula is C17H27NO3. The Labute approximate surface area is 127 Å². The van der Waals surface area contributed by atoms with Crippen molar-refractivity contribution in [3.8, 4) is 0 Å². The average molecular weight is 293 g/mol. The Bertz CT molecular complexity index is 390. The van der Waals surface area contributed by atoms with Crippen LogP contribution >= 0.6 is 0 Å². The van der Waals surface area contributed by atoms with Crippen molar-refractivity contribution in [2.45, 2.75) is 39.0 Å². The van der Waals surface area contributed by atoms with Crippen molar-refractivity contribution < 1.29 is 14.6 Å². The summed E-state index contributed by atoms with van der Waals surface area (Å²) >= 11 is 0. The second-order valence-corrected chi connectivity index (χ2v) is 5.14. The zero-order valence-electron chi connectivity index (χ0n) is 12.9. The maximum absolute atomic E-state index is 11.8. The quantitative estimate of drug-likeness (QED) is 0.614. The first kappa shape index (κ1) is 17.7. The van der Waals surface area contributed by atoms with Gasteiger partial charge in [0.25, 0.3) is 0 Å². The van der Waals surface area contributed by atoms with Crippen LogP contribution in [0.4, 0.5) is 0 Å². The molecule has 0 aliphatic rings. The monoisotopic (exact) mass is 293 g/mol. The van der Waals surface area contributed by atoms with Crippen molar-refractivity contribution in [3.63, 3.8) is 0 Å². The molecule has 1 rings (SSSR count). The summed E-state index contributed by atoms with van der Waals surface area (Å²) in [7, 11) is 0. The Morgan fingerprint density at radius 2 is 1.86 bits per heavy atom. The van der Waals surface area contributed by atoms with Gasteiger partial charge >= 0.3 is 0 Å². The first-order valence-corrected chi connectivity index (χ1v) is 7.79. The van der Waals surface area contributed by atoms with Crippen LogP contribution in [0.2, 0.25) is 0 Å². The fourth-order valence-corrected chi connectivity index (χ4v) is 2.02. The van der Waals surface area contributed by atoms with Crippen LogP contribution in [0, 0.1) is 0 Å². The number of carbonyl (C=O) groups is 1. The first-order chi connectivity index (χ1) is 10.3. The van der Waals surface area contributed by atoms with Gasteiger partial charge in [0.1, 0.15) is 0 Å². The van der Waals surface area contributed by atoms with E-state index in [9.17, 15) is 4.79 Å².